The number of hydrogen-bond acceptors (Lipinski definition) is 2. The van der Waals surface area contributed by atoms with E-state index in [0.29, 0.717) is 31.3 Å². The van der Waals surface area contributed by atoms with Gasteiger partial charge < -0.3 is 5.32 Å². The van der Waals surface area contributed by atoms with Gasteiger partial charge in [0.05, 0.1) is 0 Å². The van der Waals surface area contributed by atoms with Crippen LogP contribution in [0.15, 0.2) is 42.0 Å². The summed E-state index contributed by atoms with van der Waals surface area (Å²) in [6.45, 7) is 0. The van der Waals surface area contributed by atoms with Crippen LogP contribution in [0.1, 0.15) is 5.56 Å². The molecule has 0 aromatic heterocycles. The molecule has 0 saturated heterocycles. The second-order valence-corrected chi connectivity index (χ2v) is 6.16. The van der Waals surface area contributed by atoms with Gasteiger partial charge in [0.15, 0.2) is 0 Å². The molecular weight excluding hydrogens is 378 g/mol. The average Bonchev–Trinajstić information content (AvgIpc) is 2.45. The smallest absolute Gasteiger partial charge is 0.266 e. The Morgan fingerprint density at radius 3 is 2.22 bits per heavy atom. The molecule has 0 fully saturated rings. The molecule has 0 radical (unpaired) electrons. The summed E-state index contributed by atoms with van der Waals surface area (Å²) in [5.41, 5.74) is 0.771. The van der Waals surface area contributed by atoms with Crippen LogP contribution in [0, 0.1) is 11.3 Å². The predicted octanol–water partition coefficient (Wildman–Crippen LogP) is 5.85. The van der Waals surface area contributed by atoms with E-state index < -0.39 is 5.91 Å². The second-order valence-electron chi connectivity index (χ2n) is 4.45. The van der Waals surface area contributed by atoms with Crippen molar-refractivity contribution in [1.82, 2.24) is 0 Å². The minimum atomic E-state index is -0.600. The van der Waals surface area contributed by atoms with Crippen LogP contribution in [0.5, 0.6) is 0 Å². The Labute approximate surface area is 153 Å². The summed E-state index contributed by atoms with van der Waals surface area (Å²) >= 11 is 23.6. The first-order valence-corrected chi connectivity index (χ1v) is 7.74. The highest BCUT2D eigenvalue weighted by Gasteiger charge is 2.11. The van der Waals surface area contributed by atoms with Gasteiger partial charge in [0, 0.05) is 25.8 Å². The number of anilines is 1. The third-order valence-electron chi connectivity index (χ3n) is 2.75. The fourth-order valence-electron chi connectivity index (χ4n) is 1.75. The molecule has 1 amide bonds. The van der Waals surface area contributed by atoms with E-state index in [-0.39, 0.29) is 5.57 Å². The maximum atomic E-state index is 12.2. The van der Waals surface area contributed by atoms with Crippen LogP contribution < -0.4 is 5.32 Å². The van der Waals surface area contributed by atoms with Gasteiger partial charge in [-0.3, -0.25) is 4.79 Å². The lowest BCUT2D eigenvalue weighted by Gasteiger charge is -2.06. The molecule has 0 bridgehead atoms. The summed E-state index contributed by atoms with van der Waals surface area (Å²) < 4.78 is 0. The van der Waals surface area contributed by atoms with E-state index in [1.807, 2.05) is 6.07 Å². The molecule has 116 valence electrons. The molecule has 2 aromatic carbocycles. The van der Waals surface area contributed by atoms with E-state index in [2.05, 4.69) is 5.32 Å². The van der Waals surface area contributed by atoms with Crippen LogP contribution in [0.2, 0.25) is 20.1 Å². The molecule has 1 N–H and O–H groups in total. The first-order valence-electron chi connectivity index (χ1n) is 6.23. The van der Waals surface area contributed by atoms with Crippen LogP contribution in [-0.4, -0.2) is 5.91 Å². The molecule has 2 aromatic rings. The van der Waals surface area contributed by atoms with Crippen LogP contribution in [-0.2, 0) is 4.79 Å². The van der Waals surface area contributed by atoms with Crippen molar-refractivity contribution >= 4 is 64.1 Å². The zero-order valence-corrected chi connectivity index (χ0v) is 14.4. The highest BCUT2D eigenvalue weighted by molar-refractivity contribution is 6.36. The molecule has 0 saturated carbocycles. The summed E-state index contributed by atoms with van der Waals surface area (Å²) in [6, 6.07) is 11.2. The fraction of sp³-hybridized carbons (Fsp3) is 0. The van der Waals surface area contributed by atoms with E-state index >= 15 is 0 Å². The van der Waals surface area contributed by atoms with Gasteiger partial charge in [0.2, 0.25) is 0 Å². The molecule has 23 heavy (non-hydrogen) atoms. The normalized spacial score (nSPS) is 11.0. The maximum absolute atomic E-state index is 12.2. The number of benzene rings is 2. The molecule has 0 aliphatic carbocycles. The van der Waals surface area contributed by atoms with Crippen molar-refractivity contribution in [2.45, 2.75) is 0 Å². The van der Waals surface area contributed by atoms with Gasteiger partial charge in [-0.15, -0.1) is 0 Å². The second kappa shape index (κ2) is 7.72. The van der Waals surface area contributed by atoms with Crippen molar-refractivity contribution in [2.75, 3.05) is 5.32 Å². The van der Waals surface area contributed by atoms with Gasteiger partial charge in [-0.25, -0.2) is 0 Å². The zero-order valence-electron chi connectivity index (χ0n) is 11.4. The van der Waals surface area contributed by atoms with Crippen molar-refractivity contribution in [3.8, 4) is 6.07 Å². The molecule has 0 aliphatic rings. The van der Waals surface area contributed by atoms with E-state index in [1.54, 1.807) is 12.1 Å². The van der Waals surface area contributed by atoms with Crippen LogP contribution in [0.3, 0.4) is 0 Å². The third-order valence-corrected chi connectivity index (χ3v) is 3.75. The van der Waals surface area contributed by atoms with Gasteiger partial charge in [-0.1, -0.05) is 52.5 Å². The number of hydrogen-bond donors (Lipinski definition) is 1. The van der Waals surface area contributed by atoms with Crippen LogP contribution in [0.4, 0.5) is 5.69 Å². The number of nitrogens with zero attached hydrogens (tertiary/aromatic N) is 1. The lowest BCUT2D eigenvalue weighted by atomic mass is 10.1. The lowest BCUT2D eigenvalue weighted by molar-refractivity contribution is -0.112. The molecule has 0 heterocycles. The molecule has 0 atom stereocenters. The Balaban J connectivity index is 2.28. The van der Waals surface area contributed by atoms with E-state index in [1.165, 1.54) is 30.3 Å². The van der Waals surface area contributed by atoms with Gasteiger partial charge in [-0.05, 0) is 42.0 Å². The number of carbonyl (C=O) groups excluding carboxylic acids is 1. The molecule has 7 heteroatoms. The fourth-order valence-corrected chi connectivity index (χ4v) is 2.74. The Kier molecular flexibility index (Phi) is 5.92. The summed E-state index contributed by atoms with van der Waals surface area (Å²) in [4.78, 5) is 12.2. The summed E-state index contributed by atoms with van der Waals surface area (Å²) in [6.07, 6.45) is 1.38. The molecular formula is C16H8Cl4N2O. The van der Waals surface area contributed by atoms with Gasteiger partial charge in [-0.2, -0.15) is 5.26 Å². The Morgan fingerprint density at radius 1 is 1.00 bits per heavy atom. The van der Waals surface area contributed by atoms with Crippen molar-refractivity contribution in [1.29, 1.82) is 5.26 Å². The SMILES string of the molecule is N#C/C(=C\c1ccc(Cl)cc1Cl)C(=O)Nc1cc(Cl)cc(Cl)c1. The van der Waals surface area contributed by atoms with Gasteiger partial charge in [0.1, 0.15) is 11.6 Å². The minimum Gasteiger partial charge on any atom is -0.321 e. The first kappa shape index (κ1) is 17.7. The number of amides is 1. The summed E-state index contributed by atoms with van der Waals surface area (Å²) in [7, 11) is 0. The van der Waals surface area contributed by atoms with Crippen LogP contribution in [0.25, 0.3) is 6.08 Å². The monoisotopic (exact) mass is 384 g/mol. The van der Waals surface area contributed by atoms with Crippen LogP contribution >= 0.6 is 46.4 Å². The molecule has 0 aliphatic heterocycles. The van der Waals surface area contributed by atoms with Gasteiger partial charge >= 0.3 is 0 Å². The van der Waals surface area contributed by atoms with E-state index in [9.17, 15) is 10.1 Å². The molecule has 0 spiro atoms. The molecule has 3 nitrogen and oxygen atoms in total. The van der Waals surface area contributed by atoms with Crippen molar-refractivity contribution in [2.24, 2.45) is 0 Å². The Hall–Kier alpha value is -1.70. The summed E-state index contributed by atoms with van der Waals surface area (Å²) in [5, 5.41) is 13.3. The number of nitriles is 1. The first-order chi connectivity index (χ1) is 10.9. The minimum absolute atomic E-state index is 0.120. The zero-order chi connectivity index (χ0) is 17.0. The van der Waals surface area contributed by atoms with Crippen molar-refractivity contribution < 1.29 is 4.79 Å². The molecule has 0 unspecified atom stereocenters. The lowest BCUT2D eigenvalue weighted by Crippen LogP contribution is -2.13. The summed E-state index contributed by atoms with van der Waals surface area (Å²) in [5.74, 6) is -0.600. The maximum Gasteiger partial charge on any atom is 0.266 e. The Bertz CT molecular complexity index is 820. The number of nitrogens with one attached hydrogen (secondary N) is 1. The predicted molar refractivity (Wildman–Crippen MR) is 95.1 cm³/mol. The number of carbonyl (C=O) groups is 1. The Morgan fingerprint density at radius 2 is 1.65 bits per heavy atom. The van der Waals surface area contributed by atoms with Crippen molar-refractivity contribution in [3.63, 3.8) is 0 Å². The average molecular weight is 386 g/mol. The highest BCUT2D eigenvalue weighted by atomic mass is 35.5. The van der Waals surface area contributed by atoms with E-state index in [4.69, 9.17) is 46.4 Å². The van der Waals surface area contributed by atoms with E-state index in [0.717, 1.165) is 0 Å². The standard InChI is InChI=1S/C16H8Cl4N2O/c17-11-2-1-9(15(20)7-11)3-10(8-21)16(23)22-14-5-12(18)4-13(19)6-14/h1-7H,(H,22,23)/b10-3+. The van der Waals surface area contributed by atoms with Crippen molar-refractivity contribution in [3.05, 3.63) is 67.6 Å². The molecule has 2 rings (SSSR count). The van der Waals surface area contributed by atoms with Gasteiger partial charge in [0.25, 0.3) is 5.91 Å². The quantitative estimate of drug-likeness (QED) is 0.532. The highest BCUT2D eigenvalue weighted by Crippen LogP contribution is 2.25. The topological polar surface area (TPSA) is 52.9 Å². The largest absolute Gasteiger partial charge is 0.321 e. The number of rotatable bonds is 3. The number of halogens is 4. The third kappa shape index (κ3) is 4.89.